The Morgan fingerprint density at radius 3 is 2.83 bits per heavy atom. The summed E-state index contributed by atoms with van der Waals surface area (Å²) in [6.07, 6.45) is 0.659. The van der Waals surface area contributed by atoms with Gasteiger partial charge in [-0.05, 0) is 41.4 Å². The zero-order valence-corrected chi connectivity index (χ0v) is 12.9. The molecule has 1 amide bonds. The maximum Gasteiger partial charge on any atom is 0.284 e. The fraction of sp³-hybridized carbons (Fsp3) is 0.176. The van der Waals surface area contributed by atoms with E-state index in [0.29, 0.717) is 22.7 Å². The second-order valence-corrected chi connectivity index (χ2v) is 5.24. The molecule has 1 atom stereocenters. The first-order chi connectivity index (χ1) is 11.7. The van der Waals surface area contributed by atoms with Gasteiger partial charge in [-0.2, -0.15) is 5.10 Å². The van der Waals surface area contributed by atoms with Crippen molar-refractivity contribution in [3.63, 3.8) is 0 Å². The van der Waals surface area contributed by atoms with Crippen molar-refractivity contribution in [3.8, 4) is 11.5 Å². The highest BCUT2D eigenvalue weighted by Gasteiger charge is 2.26. The second-order valence-electron chi connectivity index (χ2n) is 5.24. The van der Waals surface area contributed by atoms with Crippen LogP contribution in [0, 0.1) is 11.8 Å². The number of nitroso groups, excluding NO2 is 1. The Hall–Kier alpha value is -3.22. The molecular formula is C17H15N3O4. The van der Waals surface area contributed by atoms with E-state index in [1.807, 2.05) is 6.07 Å². The molecule has 1 unspecified atom stereocenters. The molecule has 1 aliphatic rings. The van der Waals surface area contributed by atoms with Crippen LogP contribution in [-0.2, 0) is 4.79 Å². The third kappa shape index (κ3) is 3.40. The number of nitrogens with zero attached hydrogens (tertiary/aromatic N) is 2. The lowest BCUT2D eigenvalue weighted by Crippen LogP contribution is -2.42. The van der Waals surface area contributed by atoms with Gasteiger partial charge >= 0.3 is 0 Å². The average Bonchev–Trinajstić information content (AvgIpc) is 2.62. The molecule has 24 heavy (non-hydrogen) atoms. The molecule has 1 N–H and O–H groups in total. The number of rotatable bonds is 4. The van der Waals surface area contributed by atoms with Gasteiger partial charge in [0.15, 0.2) is 11.5 Å². The second kappa shape index (κ2) is 6.91. The Kier molecular flexibility index (Phi) is 4.51. The largest absolute Gasteiger partial charge is 0.485 e. The van der Waals surface area contributed by atoms with Crippen molar-refractivity contribution in [2.45, 2.75) is 13.0 Å². The van der Waals surface area contributed by atoms with Gasteiger partial charge in [-0.1, -0.05) is 24.3 Å². The van der Waals surface area contributed by atoms with Crippen molar-refractivity contribution in [2.24, 2.45) is 10.3 Å². The molecule has 2 aromatic carbocycles. The molecule has 0 fully saturated rings. The number of fused-ring (bicyclic) bond motifs is 1. The van der Waals surface area contributed by atoms with E-state index in [-0.39, 0.29) is 6.61 Å². The standard InChI is InChI=1S/C17H15N3O4/c1-11-6-7-12(8-13(11)20-22)9-18-19-17(21)16-10-23-14-4-2-3-5-15(14)24-16/h2-9,16H,10H2,1H3,(H,19,21)/b18-9+. The van der Waals surface area contributed by atoms with Gasteiger partial charge < -0.3 is 9.47 Å². The van der Waals surface area contributed by atoms with Crippen molar-refractivity contribution in [2.75, 3.05) is 6.61 Å². The van der Waals surface area contributed by atoms with Crippen LogP contribution in [-0.4, -0.2) is 24.8 Å². The van der Waals surface area contributed by atoms with Crippen molar-refractivity contribution >= 4 is 17.8 Å². The number of carbonyl (C=O) groups is 1. The maximum absolute atomic E-state index is 12.1. The average molecular weight is 325 g/mol. The van der Waals surface area contributed by atoms with Gasteiger partial charge in [0.2, 0.25) is 6.10 Å². The molecule has 1 aliphatic heterocycles. The van der Waals surface area contributed by atoms with Gasteiger partial charge in [0.1, 0.15) is 12.3 Å². The predicted molar refractivity (Wildman–Crippen MR) is 88.7 cm³/mol. The summed E-state index contributed by atoms with van der Waals surface area (Å²) in [5.41, 5.74) is 4.17. The number of para-hydroxylation sites is 2. The summed E-state index contributed by atoms with van der Waals surface area (Å²) in [7, 11) is 0. The normalized spacial score (nSPS) is 16.0. The van der Waals surface area contributed by atoms with Crippen LogP contribution in [0.25, 0.3) is 0 Å². The van der Waals surface area contributed by atoms with Crippen molar-refractivity contribution in [1.82, 2.24) is 5.43 Å². The number of carbonyl (C=O) groups excluding carboxylic acids is 1. The number of hydrazone groups is 1. The highest BCUT2D eigenvalue weighted by atomic mass is 16.6. The number of aryl methyl sites for hydroxylation is 1. The summed E-state index contributed by atoms with van der Waals surface area (Å²) in [5.74, 6) is 0.716. The number of ether oxygens (including phenoxy) is 2. The summed E-state index contributed by atoms with van der Waals surface area (Å²) in [5, 5.41) is 6.81. The van der Waals surface area contributed by atoms with Crippen LogP contribution in [0.1, 0.15) is 11.1 Å². The summed E-state index contributed by atoms with van der Waals surface area (Å²) < 4.78 is 11.1. The summed E-state index contributed by atoms with van der Waals surface area (Å²) >= 11 is 0. The summed E-state index contributed by atoms with van der Waals surface area (Å²) in [4.78, 5) is 22.8. The van der Waals surface area contributed by atoms with Crippen LogP contribution in [0.15, 0.2) is 52.7 Å². The molecule has 0 saturated carbocycles. The first-order valence-corrected chi connectivity index (χ1v) is 7.33. The maximum atomic E-state index is 12.1. The monoisotopic (exact) mass is 325 g/mol. The lowest BCUT2D eigenvalue weighted by Gasteiger charge is -2.24. The molecule has 0 aromatic heterocycles. The van der Waals surface area contributed by atoms with Crippen LogP contribution in [0.4, 0.5) is 5.69 Å². The van der Waals surface area contributed by atoms with Gasteiger partial charge in [0.25, 0.3) is 5.91 Å². The molecule has 0 bridgehead atoms. The Labute approximate surface area is 138 Å². The topological polar surface area (TPSA) is 89.3 Å². The van der Waals surface area contributed by atoms with Gasteiger partial charge in [-0.25, -0.2) is 5.43 Å². The van der Waals surface area contributed by atoms with Gasteiger partial charge in [0, 0.05) is 0 Å². The van der Waals surface area contributed by atoms with E-state index in [9.17, 15) is 9.70 Å². The third-order valence-electron chi connectivity index (χ3n) is 3.52. The minimum atomic E-state index is -0.776. The number of amides is 1. The Morgan fingerprint density at radius 2 is 2.04 bits per heavy atom. The zero-order chi connectivity index (χ0) is 16.9. The Bertz CT molecular complexity index is 804. The van der Waals surface area contributed by atoms with Gasteiger partial charge in [0.05, 0.1) is 6.21 Å². The molecule has 2 aromatic rings. The summed E-state index contributed by atoms with van der Waals surface area (Å²) in [6.45, 7) is 1.90. The van der Waals surface area contributed by atoms with E-state index < -0.39 is 12.0 Å². The highest BCUT2D eigenvalue weighted by molar-refractivity contribution is 5.85. The number of nitrogens with one attached hydrogen (secondary N) is 1. The molecule has 122 valence electrons. The lowest BCUT2D eigenvalue weighted by molar-refractivity contribution is -0.130. The van der Waals surface area contributed by atoms with Gasteiger partial charge in [-0.15, -0.1) is 4.91 Å². The van der Waals surface area contributed by atoms with Crippen molar-refractivity contribution < 1.29 is 14.3 Å². The minimum absolute atomic E-state index is 0.113. The fourth-order valence-electron chi connectivity index (χ4n) is 2.20. The number of hydrogen-bond acceptors (Lipinski definition) is 6. The van der Waals surface area contributed by atoms with E-state index in [1.165, 1.54) is 6.21 Å². The van der Waals surface area contributed by atoms with Crippen LogP contribution >= 0.6 is 0 Å². The van der Waals surface area contributed by atoms with Crippen LogP contribution < -0.4 is 14.9 Å². The van der Waals surface area contributed by atoms with Crippen LogP contribution in [0.2, 0.25) is 0 Å². The first kappa shape index (κ1) is 15.7. The molecule has 0 spiro atoms. The summed E-state index contributed by atoms with van der Waals surface area (Å²) in [6, 6.07) is 12.3. The van der Waals surface area contributed by atoms with Crippen LogP contribution in [0.5, 0.6) is 11.5 Å². The highest BCUT2D eigenvalue weighted by Crippen LogP contribution is 2.30. The number of hydrogen-bond donors (Lipinski definition) is 1. The molecule has 7 heteroatoms. The molecule has 7 nitrogen and oxygen atoms in total. The Balaban J connectivity index is 1.61. The molecule has 0 saturated heterocycles. The molecule has 1 heterocycles. The van der Waals surface area contributed by atoms with Crippen molar-refractivity contribution in [1.29, 1.82) is 0 Å². The first-order valence-electron chi connectivity index (χ1n) is 7.33. The quantitative estimate of drug-likeness (QED) is 0.532. The van der Waals surface area contributed by atoms with E-state index in [4.69, 9.17) is 9.47 Å². The SMILES string of the molecule is Cc1ccc(/C=N/NC(=O)C2COc3ccccc3O2)cc1N=O. The molecule has 0 radical (unpaired) electrons. The van der Waals surface area contributed by atoms with Crippen LogP contribution in [0.3, 0.4) is 0 Å². The van der Waals surface area contributed by atoms with E-state index >= 15 is 0 Å². The van der Waals surface area contributed by atoms with E-state index in [0.717, 1.165) is 5.56 Å². The zero-order valence-electron chi connectivity index (χ0n) is 12.9. The van der Waals surface area contributed by atoms with E-state index in [1.54, 1.807) is 43.3 Å². The van der Waals surface area contributed by atoms with E-state index in [2.05, 4.69) is 15.7 Å². The van der Waals surface area contributed by atoms with Gasteiger partial charge in [-0.3, -0.25) is 4.79 Å². The molecular weight excluding hydrogens is 310 g/mol. The fourth-order valence-corrected chi connectivity index (χ4v) is 2.20. The molecule has 3 rings (SSSR count). The Morgan fingerprint density at radius 1 is 1.25 bits per heavy atom. The molecule has 0 aliphatic carbocycles. The smallest absolute Gasteiger partial charge is 0.284 e. The minimum Gasteiger partial charge on any atom is -0.485 e. The van der Waals surface area contributed by atoms with Crippen molar-refractivity contribution in [3.05, 3.63) is 58.5 Å². The predicted octanol–water partition coefficient (Wildman–Crippen LogP) is 2.68. The number of benzene rings is 2. The lowest BCUT2D eigenvalue weighted by atomic mass is 10.1. The third-order valence-corrected chi connectivity index (χ3v) is 3.52.